The number of carbonyl (C=O) groups excluding carboxylic acids is 2. The molecule has 0 aliphatic heterocycles. The first kappa shape index (κ1) is 23.2. The lowest BCUT2D eigenvalue weighted by atomic mass is 9.89. The third-order valence-electron chi connectivity index (χ3n) is 5.38. The number of amides is 2. The second-order valence-electron chi connectivity index (χ2n) is 9.19. The van der Waals surface area contributed by atoms with Crippen LogP contribution in [0.25, 0.3) is 0 Å². The molecule has 0 radical (unpaired) electrons. The predicted octanol–water partition coefficient (Wildman–Crippen LogP) is 4.04. The van der Waals surface area contributed by atoms with Crippen molar-refractivity contribution in [2.45, 2.75) is 65.5 Å². The van der Waals surface area contributed by atoms with Gasteiger partial charge in [0.25, 0.3) is 0 Å². The summed E-state index contributed by atoms with van der Waals surface area (Å²) in [6.45, 7) is 6.52. The van der Waals surface area contributed by atoms with Crippen LogP contribution in [0.3, 0.4) is 0 Å². The van der Waals surface area contributed by atoms with Crippen LogP contribution in [0.4, 0.5) is 11.4 Å². The van der Waals surface area contributed by atoms with Gasteiger partial charge in [-0.2, -0.15) is 0 Å². The van der Waals surface area contributed by atoms with Crippen LogP contribution in [-0.4, -0.2) is 50.6 Å². The monoisotopic (exact) mass is 403 g/mol. The van der Waals surface area contributed by atoms with E-state index >= 15 is 0 Å². The maximum absolute atomic E-state index is 13.3. The number of benzene rings is 1. The van der Waals surface area contributed by atoms with Crippen LogP contribution in [-0.2, 0) is 20.9 Å². The van der Waals surface area contributed by atoms with Gasteiger partial charge in [-0.15, -0.1) is 0 Å². The van der Waals surface area contributed by atoms with E-state index in [4.69, 9.17) is 4.74 Å². The van der Waals surface area contributed by atoms with Gasteiger partial charge in [0.1, 0.15) is 6.61 Å². The first-order valence-corrected chi connectivity index (χ1v) is 10.5. The van der Waals surface area contributed by atoms with E-state index in [0.29, 0.717) is 6.54 Å². The van der Waals surface area contributed by atoms with E-state index in [1.165, 1.54) is 26.4 Å². The lowest BCUT2D eigenvalue weighted by Gasteiger charge is -2.39. The highest BCUT2D eigenvalue weighted by atomic mass is 16.5. The maximum Gasteiger partial charge on any atom is 0.250 e. The van der Waals surface area contributed by atoms with Crippen LogP contribution in [0.5, 0.6) is 0 Å². The molecular weight excluding hydrogens is 366 g/mol. The Bertz CT molecular complexity index is 704. The number of hydrogen-bond donors (Lipinski definition) is 1. The highest BCUT2D eigenvalue weighted by molar-refractivity contribution is 5.92. The number of methoxy groups -OCH3 is 1. The van der Waals surface area contributed by atoms with E-state index in [-0.39, 0.29) is 24.5 Å². The molecule has 0 spiro atoms. The van der Waals surface area contributed by atoms with E-state index in [1.54, 1.807) is 0 Å². The zero-order valence-corrected chi connectivity index (χ0v) is 18.9. The van der Waals surface area contributed by atoms with Gasteiger partial charge in [-0.25, -0.2) is 0 Å². The average Bonchev–Trinajstić information content (AvgIpc) is 2.65. The fourth-order valence-electron chi connectivity index (χ4n) is 3.93. The van der Waals surface area contributed by atoms with Crippen molar-refractivity contribution in [3.8, 4) is 0 Å². The van der Waals surface area contributed by atoms with Gasteiger partial charge in [0, 0.05) is 50.6 Å². The Balaban J connectivity index is 2.36. The number of carbonyl (C=O) groups is 2. The topological polar surface area (TPSA) is 61.9 Å². The molecule has 0 aromatic heterocycles. The lowest BCUT2D eigenvalue weighted by Crippen LogP contribution is -2.46. The predicted molar refractivity (Wildman–Crippen MR) is 118 cm³/mol. The Kier molecular flexibility index (Phi) is 8.08. The number of anilines is 2. The first-order chi connectivity index (χ1) is 13.6. The molecule has 1 aromatic rings. The fraction of sp³-hybridized carbons (Fsp3) is 0.652. The van der Waals surface area contributed by atoms with E-state index in [1.807, 2.05) is 53.1 Å². The minimum atomic E-state index is -0.431. The molecule has 162 valence electrons. The number of nitrogens with one attached hydrogen (secondary N) is 1. The molecule has 1 aliphatic carbocycles. The molecule has 29 heavy (non-hydrogen) atoms. The SMILES string of the molecule is COCC(=O)Nc1ccc(N(C)C)c(CN(C(=O)C(C)(C)C)C2CCCCC2)c1. The Morgan fingerprint density at radius 2 is 1.79 bits per heavy atom. The second kappa shape index (κ2) is 10.1. The Morgan fingerprint density at radius 1 is 1.14 bits per heavy atom. The van der Waals surface area contributed by atoms with E-state index in [9.17, 15) is 9.59 Å². The Morgan fingerprint density at radius 3 is 2.34 bits per heavy atom. The second-order valence-corrected chi connectivity index (χ2v) is 9.19. The molecule has 1 aliphatic rings. The lowest BCUT2D eigenvalue weighted by molar-refractivity contribution is -0.143. The summed E-state index contributed by atoms with van der Waals surface area (Å²) in [7, 11) is 5.50. The van der Waals surface area contributed by atoms with Crippen molar-refractivity contribution in [3.63, 3.8) is 0 Å². The van der Waals surface area contributed by atoms with Crippen molar-refractivity contribution < 1.29 is 14.3 Å². The van der Waals surface area contributed by atoms with Crippen molar-refractivity contribution >= 4 is 23.2 Å². The minimum absolute atomic E-state index is 0.0154. The maximum atomic E-state index is 13.3. The summed E-state index contributed by atoms with van der Waals surface area (Å²) in [5.41, 5.74) is 2.38. The molecule has 1 fully saturated rings. The molecule has 1 N–H and O–H groups in total. The van der Waals surface area contributed by atoms with Gasteiger partial charge in [-0.05, 0) is 36.6 Å². The highest BCUT2D eigenvalue weighted by Gasteiger charge is 2.33. The summed E-state index contributed by atoms with van der Waals surface area (Å²) >= 11 is 0. The molecule has 6 nitrogen and oxygen atoms in total. The zero-order chi connectivity index (χ0) is 21.6. The largest absolute Gasteiger partial charge is 0.377 e. The van der Waals surface area contributed by atoms with Crippen molar-refractivity contribution in [3.05, 3.63) is 23.8 Å². The number of rotatable bonds is 7. The Labute approximate surface area is 175 Å². The third kappa shape index (κ3) is 6.46. The summed E-state index contributed by atoms with van der Waals surface area (Å²) in [5, 5.41) is 2.88. The van der Waals surface area contributed by atoms with Crippen molar-refractivity contribution in [2.75, 3.05) is 38.0 Å². The van der Waals surface area contributed by atoms with Gasteiger partial charge >= 0.3 is 0 Å². The molecule has 6 heteroatoms. The highest BCUT2D eigenvalue weighted by Crippen LogP contribution is 2.31. The van der Waals surface area contributed by atoms with Gasteiger partial charge in [-0.3, -0.25) is 9.59 Å². The van der Waals surface area contributed by atoms with E-state index in [2.05, 4.69) is 15.1 Å². The molecule has 2 amide bonds. The van der Waals surface area contributed by atoms with Crippen LogP contribution >= 0.6 is 0 Å². The molecule has 1 aromatic carbocycles. The van der Waals surface area contributed by atoms with Gasteiger partial charge < -0.3 is 19.9 Å². The van der Waals surface area contributed by atoms with Crippen LogP contribution in [0.1, 0.15) is 58.4 Å². The minimum Gasteiger partial charge on any atom is -0.377 e. The van der Waals surface area contributed by atoms with Crippen molar-refractivity contribution in [2.24, 2.45) is 5.41 Å². The summed E-state index contributed by atoms with van der Waals surface area (Å²) < 4.78 is 4.91. The number of nitrogens with zero attached hydrogens (tertiary/aromatic N) is 2. The standard InChI is InChI=1S/C23H37N3O3/c1-23(2,3)22(28)26(19-10-8-7-9-11-19)15-17-14-18(24-21(27)16-29-6)12-13-20(17)25(4)5/h12-14,19H,7-11,15-16H2,1-6H3,(H,24,27). The molecule has 0 saturated heterocycles. The molecule has 0 bridgehead atoms. The molecule has 1 saturated carbocycles. The van der Waals surface area contributed by atoms with Crippen LogP contribution < -0.4 is 10.2 Å². The number of ether oxygens (including phenoxy) is 1. The summed E-state index contributed by atoms with van der Waals surface area (Å²) in [5.74, 6) is -0.00566. The summed E-state index contributed by atoms with van der Waals surface area (Å²) in [6.07, 6.45) is 5.71. The first-order valence-electron chi connectivity index (χ1n) is 10.5. The van der Waals surface area contributed by atoms with Gasteiger partial charge in [0.15, 0.2) is 0 Å². The van der Waals surface area contributed by atoms with Crippen molar-refractivity contribution in [1.29, 1.82) is 0 Å². The van der Waals surface area contributed by atoms with Crippen molar-refractivity contribution in [1.82, 2.24) is 4.90 Å². The molecule has 2 rings (SSSR count). The molecule has 0 heterocycles. The van der Waals surface area contributed by atoms with E-state index < -0.39 is 5.41 Å². The van der Waals surface area contributed by atoms with Gasteiger partial charge in [0.2, 0.25) is 11.8 Å². The molecule has 0 atom stereocenters. The zero-order valence-electron chi connectivity index (χ0n) is 18.9. The van der Waals surface area contributed by atoms with Crippen LogP contribution in [0.15, 0.2) is 18.2 Å². The average molecular weight is 404 g/mol. The smallest absolute Gasteiger partial charge is 0.250 e. The van der Waals surface area contributed by atoms with Gasteiger partial charge in [-0.1, -0.05) is 40.0 Å². The number of hydrogen-bond acceptors (Lipinski definition) is 4. The van der Waals surface area contributed by atoms with Gasteiger partial charge in [0.05, 0.1) is 0 Å². The summed E-state index contributed by atoms with van der Waals surface area (Å²) in [4.78, 5) is 29.4. The normalized spacial score (nSPS) is 15.1. The fourth-order valence-corrected chi connectivity index (χ4v) is 3.93. The molecule has 0 unspecified atom stereocenters. The quantitative estimate of drug-likeness (QED) is 0.746. The summed E-state index contributed by atoms with van der Waals surface area (Å²) in [6, 6.07) is 6.15. The van der Waals surface area contributed by atoms with E-state index in [0.717, 1.165) is 29.8 Å². The van der Waals surface area contributed by atoms with Crippen LogP contribution in [0, 0.1) is 5.41 Å². The Hall–Kier alpha value is -2.08. The third-order valence-corrected chi connectivity index (χ3v) is 5.38. The molecular formula is C23H37N3O3. The van der Waals surface area contributed by atoms with Crippen LogP contribution in [0.2, 0.25) is 0 Å².